The highest BCUT2D eigenvalue weighted by atomic mass is 35.5. The Labute approximate surface area is 168 Å². The van der Waals surface area contributed by atoms with Gasteiger partial charge in [-0.2, -0.15) is 5.10 Å². The lowest BCUT2D eigenvalue weighted by Gasteiger charge is -2.27. The van der Waals surface area contributed by atoms with Gasteiger partial charge in [-0.25, -0.2) is 0 Å². The summed E-state index contributed by atoms with van der Waals surface area (Å²) in [5.74, 6) is 1.10. The van der Waals surface area contributed by atoms with Gasteiger partial charge in [-0.15, -0.1) is 0 Å². The number of carbonyl (C=O) groups is 2. The Morgan fingerprint density at radius 1 is 1.21 bits per heavy atom. The van der Waals surface area contributed by atoms with Crippen molar-refractivity contribution in [2.45, 2.75) is 44.8 Å². The van der Waals surface area contributed by atoms with E-state index in [0.717, 1.165) is 17.9 Å². The van der Waals surface area contributed by atoms with Gasteiger partial charge in [0.15, 0.2) is 5.69 Å². The van der Waals surface area contributed by atoms with Gasteiger partial charge < -0.3 is 10.2 Å². The molecule has 6 nitrogen and oxygen atoms in total. The number of rotatable bonds is 4. The van der Waals surface area contributed by atoms with Crippen LogP contribution >= 0.6 is 11.6 Å². The summed E-state index contributed by atoms with van der Waals surface area (Å²) in [5.41, 5.74) is 1.72. The van der Waals surface area contributed by atoms with Gasteiger partial charge in [0.05, 0.1) is 6.54 Å². The molecule has 7 heteroatoms. The molecule has 2 amide bonds. The molecule has 0 spiro atoms. The Morgan fingerprint density at radius 3 is 2.82 bits per heavy atom. The van der Waals surface area contributed by atoms with E-state index in [4.69, 9.17) is 11.6 Å². The molecule has 5 rings (SSSR count). The molecule has 2 bridgehead atoms. The number of hydrogen-bond acceptors (Lipinski definition) is 3. The van der Waals surface area contributed by atoms with Crippen molar-refractivity contribution in [3.63, 3.8) is 0 Å². The van der Waals surface area contributed by atoms with Crippen molar-refractivity contribution in [2.75, 3.05) is 6.54 Å². The van der Waals surface area contributed by atoms with Crippen molar-refractivity contribution in [3.8, 4) is 0 Å². The first-order valence-electron chi connectivity index (χ1n) is 10.00. The largest absolute Gasteiger partial charge is 0.348 e. The highest BCUT2D eigenvalue weighted by molar-refractivity contribution is 6.31. The van der Waals surface area contributed by atoms with Crippen molar-refractivity contribution in [3.05, 3.63) is 52.3 Å². The van der Waals surface area contributed by atoms with E-state index in [9.17, 15) is 9.59 Å². The van der Waals surface area contributed by atoms with Crippen molar-refractivity contribution in [1.82, 2.24) is 20.0 Å². The fourth-order valence-electron chi connectivity index (χ4n) is 5.00. The van der Waals surface area contributed by atoms with Crippen LogP contribution in [0.1, 0.15) is 52.2 Å². The predicted molar refractivity (Wildman–Crippen MR) is 105 cm³/mol. The second-order valence-electron chi connectivity index (χ2n) is 8.21. The number of aromatic nitrogens is 2. The molecule has 3 aliphatic rings. The van der Waals surface area contributed by atoms with Gasteiger partial charge in [-0.3, -0.25) is 14.3 Å². The third-order valence-electron chi connectivity index (χ3n) is 6.47. The zero-order valence-corrected chi connectivity index (χ0v) is 16.4. The monoisotopic (exact) mass is 398 g/mol. The maximum absolute atomic E-state index is 12.9. The second-order valence-corrected chi connectivity index (χ2v) is 8.62. The van der Waals surface area contributed by atoms with Gasteiger partial charge >= 0.3 is 0 Å². The van der Waals surface area contributed by atoms with Crippen molar-refractivity contribution in [2.24, 2.45) is 11.8 Å². The lowest BCUT2D eigenvalue weighted by molar-refractivity contribution is 0.0683. The molecular formula is C21H23ClN4O2. The Morgan fingerprint density at radius 2 is 2.07 bits per heavy atom. The molecule has 0 unspecified atom stereocenters. The normalized spacial score (nSPS) is 25.8. The molecule has 3 atom stereocenters. The van der Waals surface area contributed by atoms with E-state index in [1.54, 1.807) is 15.6 Å². The summed E-state index contributed by atoms with van der Waals surface area (Å²) >= 11 is 6.24. The maximum Gasteiger partial charge on any atom is 0.272 e. The fourth-order valence-corrected chi connectivity index (χ4v) is 5.19. The molecule has 2 saturated carbocycles. The molecular weight excluding hydrogens is 376 g/mol. The molecule has 2 aliphatic carbocycles. The number of nitrogens with zero attached hydrogens (tertiary/aromatic N) is 3. The molecule has 2 aromatic rings. The molecule has 1 aliphatic heterocycles. The van der Waals surface area contributed by atoms with Gasteiger partial charge in [0.1, 0.15) is 5.69 Å². The summed E-state index contributed by atoms with van der Waals surface area (Å²) in [7, 11) is 0. The van der Waals surface area contributed by atoms with Crippen LogP contribution in [-0.2, 0) is 13.1 Å². The molecule has 1 N–H and O–H groups in total. The second kappa shape index (κ2) is 6.92. The summed E-state index contributed by atoms with van der Waals surface area (Å²) in [6, 6.07) is 9.43. The molecule has 28 heavy (non-hydrogen) atoms. The molecule has 2 fully saturated rings. The van der Waals surface area contributed by atoms with E-state index >= 15 is 0 Å². The van der Waals surface area contributed by atoms with Crippen LogP contribution in [0.4, 0.5) is 0 Å². The summed E-state index contributed by atoms with van der Waals surface area (Å²) in [5, 5.41) is 8.20. The molecule has 0 saturated heterocycles. The minimum absolute atomic E-state index is 0.113. The minimum Gasteiger partial charge on any atom is -0.348 e. The number of fused-ring (bicyclic) bond motifs is 3. The maximum atomic E-state index is 12.9. The van der Waals surface area contributed by atoms with Gasteiger partial charge in [0, 0.05) is 30.2 Å². The van der Waals surface area contributed by atoms with Crippen LogP contribution in [0.15, 0.2) is 30.3 Å². The Bertz CT molecular complexity index is 940. The van der Waals surface area contributed by atoms with Crippen molar-refractivity contribution in [1.29, 1.82) is 0 Å². The lowest BCUT2D eigenvalue weighted by Crippen LogP contribution is -2.40. The van der Waals surface area contributed by atoms with Crippen LogP contribution in [0.2, 0.25) is 5.02 Å². The van der Waals surface area contributed by atoms with Crippen LogP contribution in [0.3, 0.4) is 0 Å². The molecule has 2 heterocycles. The fraction of sp³-hybridized carbons (Fsp3) is 0.476. The third-order valence-corrected chi connectivity index (χ3v) is 6.84. The summed E-state index contributed by atoms with van der Waals surface area (Å²) in [4.78, 5) is 27.4. The molecule has 146 valence electrons. The van der Waals surface area contributed by atoms with E-state index in [-0.39, 0.29) is 17.9 Å². The zero-order chi connectivity index (χ0) is 19.3. The van der Waals surface area contributed by atoms with E-state index < -0.39 is 0 Å². The Kier molecular flexibility index (Phi) is 4.38. The summed E-state index contributed by atoms with van der Waals surface area (Å²) in [6.07, 6.45) is 4.82. The highest BCUT2D eigenvalue weighted by Gasteiger charge is 2.40. The highest BCUT2D eigenvalue weighted by Crippen LogP contribution is 2.44. The van der Waals surface area contributed by atoms with E-state index in [2.05, 4.69) is 10.4 Å². The number of halogens is 1. The topological polar surface area (TPSA) is 67.2 Å². The lowest BCUT2D eigenvalue weighted by atomic mass is 9.95. The number of benzene rings is 1. The van der Waals surface area contributed by atoms with Crippen LogP contribution in [-0.4, -0.2) is 39.1 Å². The average Bonchev–Trinajstić information content (AvgIpc) is 3.41. The zero-order valence-electron chi connectivity index (χ0n) is 15.6. The SMILES string of the molecule is O=C(N[C@H]1C[C@H]2CC[C@H]1C2)c1cc2n(n1)CCN(Cc1ccccc1Cl)C2=O. The first-order chi connectivity index (χ1) is 13.6. The quantitative estimate of drug-likeness (QED) is 0.860. The predicted octanol–water partition coefficient (Wildman–Crippen LogP) is 3.11. The Balaban J connectivity index is 1.30. The van der Waals surface area contributed by atoms with Crippen LogP contribution < -0.4 is 5.32 Å². The Hall–Kier alpha value is -2.34. The van der Waals surface area contributed by atoms with Gasteiger partial charge in [0.25, 0.3) is 11.8 Å². The van der Waals surface area contributed by atoms with E-state index in [0.29, 0.717) is 42.0 Å². The van der Waals surface area contributed by atoms with Gasteiger partial charge in [0.2, 0.25) is 0 Å². The van der Waals surface area contributed by atoms with E-state index in [1.165, 1.54) is 19.3 Å². The summed E-state index contributed by atoms with van der Waals surface area (Å²) in [6.45, 7) is 1.58. The van der Waals surface area contributed by atoms with Crippen LogP contribution in [0, 0.1) is 11.8 Å². The number of carbonyl (C=O) groups excluding carboxylic acids is 2. The standard InChI is InChI=1S/C21H23ClN4O2/c22-16-4-2-1-3-15(16)12-25-7-8-26-19(21(25)28)11-18(24-26)20(27)23-17-10-13-5-6-14(17)9-13/h1-4,11,13-14,17H,5-10,12H2,(H,23,27)/t13-,14-,17-/m0/s1. The number of amides is 2. The first kappa shape index (κ1) is 17.7. The number of nitrogens with one attached hydrogen (secondary N) is 1. The summed E-state index contributed by atoms with van der Waals surface area (Å²) < 4.78 is 1.65. The van der Waals surface area contributed by atoms with Crippen molar-refractivity contribution >= 4 is 23.4 Å². The number of hydrogen-bond donors (Lipinski definition) is 1. The minimum atomic E-state index is -0.162. The smallest absolute Gasteiger partial charge is 0.272 e. The van der Waals surface area contributed by atoms with Gasteiger partial charge in [-0.05, 0) is 42.7 Å². The average molecular weight is 399 g/mol. The molecule has 1 aromatic heterocycles. The van der Waals surface area contributed by atoms with Crippen LogP contribution in [0.25, 0.3) is 0 Å². The van der Waals surface area contributed by atoms with Gasteiger partial charge in [-0.1, -0.05) is 36.2 Å². The molecule has 1 aromatic carbocycles. The van der Waals surface area contributed by atoms with E-state index in [1.807, 2.05) is 24.3 Å². The molecule has 0 radical (unpaired) electrons. The van der Waals surface area contributed by atoms with Crippen molar-refractivity contribution < 1.29 is 9.59 Å². The third kappa shape index (κ3) is 3.09. The van der Waals surface area contributed by atoms with Crippen LogP contribution in [0.5, 0.6) is 0 Å². The first-order valence-corrected chi connectivity index (χ1v) is 10.4.